The molecule has 0 aliphatic heterocycles. The van der Waals surface area contributed by atoms with Gasteiger partial charge in [0.25, 0.3) is 0 Å². The standard InChI is InChI=1S/C15H16ClFN2/c1-2-5-18-14-8-13(9-3-4-9)19-15-11(14)6-10(16)7-12(15)17/h6-9H,2-5H2,1H3,(H,18,19). The molecule has 0 radical (unpaired) electrons. The minimum Gasteiger partial charge on any atom is -0.384 e. The van der Waals surface area contributed by atoms with Gasteiger partial charge in [0.05, 0.1) is 0 Å². The van der Waals surface area contributed by atoms with E-state index in [1.807, 2.05) is 6.07 Å². The molecule has 1 aromatic heterocycles. The molecule has 2 nitrogen and oxygen atoms in total. The predicted molar refractivity (Wildman–Crippen MR) is 77.5 cm³/mol. The van der Waals surface area contributed by atoms with E-state index in [4.69, 9.17) is 11.6 Å². The Morgan fingerprint density at radius 3 is 2.84 bits per heavy atom. The number of nitrogens with zero attached hydrogens (tertiary/aromatic N) is 1. The van der Waals surface area contributed by atoms with Gasteiger partial charge in [-0.25, -0.2) is 9.37 Å². The fourth-order valence-electron chi connectivity index (χ4n) is 2.27. The Labute approximate surface area is 117 Å². The molecular formula is C15H16ClFN2. The monoisotopic (exact) mass is 278 g/mol. The van der Waals surface area contributed by atoms with Crippen LogP contribution in [-0.4, -0.2) is 11.5 Å². The van der Waals surface area contributed by atoms with E-state index in [1.165, 1.54) is 6.07 Å². The second-order valence-electron chi connectivity index (χ2n) is 5.08. The number of halogens is 2. The number of benzene rings is 1. The summed E-state index contributed by atoms with van der Waals surface area (Å²) in [6.45, 7) is 2.96. The third-order valence-corrected chi connectivity index (χ3v) is 3.63. The highest BCUT2D eigenvalue weighted by Gasteiger charge is 2.26. The van der Waals surface area contributed by atoms with Crippen molar-refractivity contribution >= 4 is 28.2 Å². The maximum absolute atomic E-state index is 14.0. The zero-order valence-electron chi connectivity index (χ0n) is 10.8. The lowest BCUT2D eigenvalue weighted by Crippen LogP contribution is -2.03. The van der Waals surface area contributed by atoms with Crippen LogP contribution in [0.1, 0.15) is 37.8 Å². The fraction of sp³-hybridized carbons (Fsp3) is 0.400. The quantitative estimate of drug-likeness (QED) is 0.875. The normalized spacial score (nSPS) is 14.9. The molecule has 1 N–H and O–H groups in total. The molecule has 1 heterocycles. The molecule has 0 unspecified atom stereocenters. The van der Waals surface area contributed by atoms with Crippen molar-refractivity contribution in [3.63, 3.8) is 0 Å². The van der Waals surface area contributed by atoms with E-state index < -0.39 is 0 Å². The van der Waals surface area contributed by atoms with E-state index in [2.05, 4.69) is 17.2 Å². The average molecular weight is 279 g/mol. The molecule has 1 fully saturated rings. The van der Waals surface area contributed by atoms with E-state index in [0.717, 1.165) is 42.6 Å². The first-order valence-corrected chi connectivity index (χ1v) is 7.10. The van der Waals surface area contributed by atoms with E-state index in [0.29, 0.717) is 16.5 Å². The van der Waals surface area contributed by atoms with Crippen molar-refractivity contribution < 1.29 is 4.39 Å². The molecule has 100 valence electrons. The molecule has 3 rings (SSSR count). The zero-order chi connectivity index (χ0) is 13.4. The lowest BCUT2D eigenvalue weighted by Gasteiger charge is -2.12. The van der Waals surface area contributed by atoms with Crippen LogP contribution >= 0.6 is 11.6 Å². The Kier molecular flexibility index (Phi) is 3.31. The highest BCUT2D eigenvalue weighted by Crippen LogP contribution is 2.41. The van der Waals surface area contributed by atoms with Crippen LogP contribution in [0.15, 0.2) is 18.2 Å². The number of aromatic nitrogens is 1. The molecule has 1 aliphatic rings. The van der Waals surface area contributed by atoms with Gasteiger partial charge >= 0.3 is 0 Å². The Morgan fingerprint density at radius 1 is 1.37 bits per heavy atom. The maximum Gasteiger partial charge on any atom is 0.150 e. The second kappa shape index (κ2) is 4.97. The predicted octanol–water partition coefficient (Wildman–Crippen LogP) is 4.73. The Hall–Kier alpha value is -1.35. The first kappa shape index (κ1) is 12.7. The van der Waals surface area contributed by atoms with Gasteiger partial charge in [-0.05, 0) is 37.5 Å². The fourth-order valence-corrected chi connectivity index (χ4v) is 2.47. The second-order valence-corrected chi connectivity index (χ2v) is 5.52. The molecule has 1 saturated carbocycles. The number of hydrogen-bond acceptors (Lipinski definition) is 2. The molecule has 4 heteroatoms. The van der Waals surface area contributed by atoms with Gasteiger partial charge in [-0.1, -0.05) is 18.5 Å². The highest BCUT2D eigenvalue weighted by atomic mass is 35.5. The van der Waals surface area contributed by atoms with Crippen LogP contribution in [0, 0.1) is 5.82 Å². The van der Waals surface area contributed by atoms with Gasteiger partial charge in [0.15, 0.2) is 5.82 Å². The van der Waals surface area contributed by atoms with Crippen LogP contribution in [0.5, 0.6) is 0 Å². The van der Waals surface area contributed by atoms with E-state index in [9.17, 15) is 4.39 Å². The van der Waals surface area contributed by atoms with Crippen LogP contribution in [0.4, 0.5) is 10.1 Å². The molecule has 0 atom stereocenters. The van der Waals surface area contributed by atoms with Crippen LogP contribution in [0.25, 0.3) is 10.9 Å². The average Bonchev–Trinajstić information content (AvgIpc) is 3.20. The Balaban J connectivity index is 2.17. The first-order valence-electron chi connectivity index (χ1n) is 6.72. The minimum atomic E-state index is -0.343. The van der Waals surface area contributed by atoms with E-state index >= 15 is 0 Å². The smallest absolute Gasteiger partial charge is 0.150 e. The van der Waals surface area contributed by atoms with E-state index in [1.54, 1.807) is 6.07 Å². The van der Waals surface area contributed by atoms with Gasteiger partial charge in [0.2, 0.25) is 0 Å². The summed E-state index contributed by atoms with van der Waals surface area (Å²) in [4.78, 5) is 4.47. The van der Waals surface area contributed by atoms with Crippen molar-refractivity contribution in [1.82, 2.24) is 4.98 Å². The molecule has 2 aromatic rings. The van der Waals surface area contributed by atoms with Crippen molar-refractivity contribution in [1.29, 1.82) is 0 Å². The Morgan fingerprint density at radius 2 is 2.16 bits per heavy atom. The van der Waals surface area contributed by atoms with Gasteiger partial charge in [-0.15, -0.1) is 0 Å². The number of hydrogen-bond donors (Lipinski definition) is 1. The molecule has 19 heavy (non-hydrogen) atoms. The summed E-state index contributed by atoms with van der Waals surface area (Å²) in [7, 11) is 0. The number of rotatable bonds is 4. The third-order valence-electron chi connectivity index (χ3n) is 3.41. The summed E-state index contributed by atoms with van der Waals surface area (Å²) in [5.74, 6) is 0.159. The van der Waals surface area contributed by atoms with Gasteiger partial charge in [0.1, 0.15) is 5.52 Å². The lowest BCUT2D eigenvalue weighted by atomic mass is 10.1. The number of fused-ring (bicyclic) bond motifs is 1. The first-order chi connectivity index (χ1) is 9.19. The van der Waals surface area contributed by atoms with Crippen LogP contribution in [-0.2, 0) is 0 Å². The topological polar surface area (TPSA) is 24.9 Å². The summed E-state index contributed by atoms with van der Waals surface area (Å²) in [5, 5.41) is 4.52. The largest absolute Gasteiger partial charge is 0.384 e. The maximum atomic E-state index is 14.0. The van der Waals surface area contributed by atoms with Crippen molar-refractivity contribution in [3.8, 4) is 0 Å². The van der Waals surface area contributed by atoms with Gasteiger partial charge in [-0.3, -0.25) is 0 Å². The highest BCUT2D eigenvalue weighted by molar-refractivity contribution is 6.31. The molecule has 0 bridgehead atoms. The molecular weight excluding hydrogens is 263 g/mol. The van der Waals surface area contributed by atoms with Gasteiger partial charge in [-0.2, -0.15) is 0 Å². The SMILES string of the molecule is CCCNc1cc(C2CC2)nc2c(F)cc(Cl)cc12. The summed E-state index contributed by atoms with van der Waals surface area (Å²) in [6, 6.07) is 5.16. The molecule has 1 aliphatic carbocycles. The van der Waals surface area contributed by atoms with Crippen molar-refractivity contribution in [2.75, 3.05) is 11.9 Å². The van der Waals surface area contributed by atoms with Crippen LogP contribution in [0.2, 0.25) is 5.02 Å². The summed E-state index contributed by atoms with van der Waals surface area (Å²) in [6.07, 6.45) is 3.33. The van der Waals surface area contributed by atoms with Crippen molar-refractivity contribution in [2.45, 2.75) is 32.1 Å². The van der Waals surface area contributed by atoms with Crippen LogP contribution in [0.3, 0.4) is 0 Å². The summed E-state index contributed by atoms with van der Waals surface area (Å²) < 4.78 is 14.0. The summed E-state index contributed by atoms with van der Waals surface area (Å²) >= 11 is 5.95. The van der Waals surface area contributed by atoms with Crippen molar-refractivity contribution in [2.24, 2.45) is 0 Å². The zero-order valence-corrected chi connectivity index (χ0v) is 11.6. The number of nitrogens with one attached hydrogen (secondary N) is 1. The minimum absolute atomic E-state index is 0.343. The third kappa shape index (κ3) is 2.52. The molecule has 0 spiro atoms. The lowest BCUT2D eigenvalue weighted by molar-refractivity contribution is 0.636. The van der Waals surface area contributed by atoms with Crippen molar-refractivity contribution in [3.05, 3.63) is 34.7 Å². The molecule has 1 aromatic carbocycles. The van der Waals surface area contributed by atoms with Gasteiger partial charge < -0.3 is 5.32 Å². The van der Waals surface area contributed by atoms with Crippen LogP contribution < -0.4 is 5.32 Å². The Bertz CT molecular complexity index is 623. The number of pyridine rings is 1. The molecule has 0 amide bonds. The molecule has 0 saturated heterocycles. The van der Waals surface area contributed by atoms with E-state index in [-0.39, 0.29) is 5.82 Å². The van der Waals surface area contributed by atoms with Gasteiger partial charge in [0, 0.05) is 34.3 Å². The summed E-state index contributed by atoms with van der Waals surface area (Å²) in [5.41, 5.74) is 2.36. The number of anilines is 1.